The Kier molecular flexibility index (Phi) is 4.88. The molecule has 7 nitrogen and oxygen atoms in total. The Morgan fingerprint density at radius 2 is 2.19 bits per heavy atom. The number of methoxy groups -OCH3 is 1. The molecule has 2 aromatic rings. The zero-order valence-corrected chi connectivity index (χ0v) is 13.9. The molecule has 1 aromatic heterocycles. The lowest BCUT2D eigenvalue weighted by Gasteiger charge is -2.18. The number of fused-ring (bicyclic) bond motifs is 1. The van der Waals surface area contributed by atoms with Crippen LogP contribution in [0.3, 0.4) is 0 Å². The fraction of sp³-hybridized carbons (Fsp3) is 0.353. The molecule has 3 N–H and O–H groups in total. The van der Waals surface area contributed by atoms with Gasteiger partial charge in [-0.25, -0.2) is 9.37 Å². The molecule has 3 rings (SSSR count). The lowest BCUT2D eigenvalue weighted by molar-refractivity contribution is -0.124. The number of nitrogens with one attached hydrogen (secondary N) is 1. The number of alkyl halides is 2. The number of carbonyl (C=O) groups excluding carboxylic acids is 2. The van der Waals surface area contributed by atoms with Crippen LogP contribution in [0.5, 0.6) is 11.6 Å². The number of amides is 2. The van der Waals surface area contributed by atoms with Gasteiger partial charge in [0.05, 0.1) is 31.3 Å². The van der Waals surface area contributed by atoms with Crippen molar-refractivity contribution in [1.29, 1.82) is 0 Å². The molecule has 1 fully saturated rings. The molecule has 0 saturated carbocycles. The molecule has 1 aliphatic heterocycles. The van der Waals surface area contributed by atoms with Crippen molar-refractivity contribution in [2.45, 2.75) is 12.2 Å². The maximum Gasteiger partial charge on any atom is 0.255 e. The molecule has 3 atom stereocenters. The van der Waals surface area contributed by atoms with Gasteiger partial charge in [0.15, 0.2) is 6.17 Å². The van der Waals surface area contributed by atoms with Crippen molar-refractivity contribution in [1.82, 2.24) is 10.3 Å². The standard InChI is InChI=1S/C17H17F2N3O4/c1-25-13-5-9-8(4-10(13)15(20)23)2-3-21-17(9)26-7-12-11(6-18)14(19)16(24)22-12/h2-5,11-12,14H,6-7H2,1H3,(H2,20,23)(H,22,24). The number of halogens is 2. The predicted molar refractivity (Wildman–Crippen MR) is 88.6 cm³/mol. The molecule has 0 aliphatic carbocycles. The monoisotopic (exact) mass is 365 g/mol. The van der Waals surface area contributed by atoms with E-state index in [-0.39, 0.29) is 23.8 Å². The first-order valence-corrected chi connectivity index (χ1v) is 7.86. The van der Waals surface area contributed by atoms with Crippen LogP contribution in [0, 0.1) is 5.92 Å². The number of hydrogen-bond acceptors (Lipinski definition) is 5. The molecule has 0 radical (unpaired) electrons. The van der Waals surface area contributed by atoms with E-state index in [1.807, 2.05) is 0 Å². The second kappa shape index (κ2) is 7.11. The summed E-state index contributed by atoms with van der Waals surface area (Å²) in [4.78, 5) is 27.0. The minimum Gasteiger partial charge on any atom is -0.496 e. The van der Waals surface area contributed by atoms with Gasteiger partial charge in [0.1, 0.15) is 12.4 Å². The molecular formula is C17H17F2N3O4. The van der Waals surface area contributed by atoms with Gasteiger partial charge in [0, 0.05) is 11.6 Å². The molecule has 9 heteroatoms. The SMILES string of the molecule is COc1cc2c(OCC3NC(=O)C(F)C3CF)nccc2cc1C(N)=O. The lowest BCUT2D eigenvalue weighted by Crippen LogP contribution is -2.35. The van der Waals surface area contributed by atoms with Gasteiger partial charge in [-0.05, 0) is 23.6 Å². The Morgan fingerprint density at radius 1 is 1.42 bits per heavy atom. The van der Waals surface area contributed by atoms with Crippen molar-refractivity contribution < 1.29 is 27.8 Å². The molecular weight excluding hydrogens is 348 g/mol. The van der Waals surface area contributed by atoms with Crippen LogP contribution < -0.4 is 20.5 Å². The molecule has 2 heterocycles. The van der Waals surface area contributed by atoms with E-state index in [1.54, 1.807) is 18.2 Å². The van der Waals surface area contributed by atoms with E-state index in [0.717, 1.165) is 0 Å². The Bertz CT molecular complexity index is 861. The Balaban J connectivity index is 1.89. The van der Waals surface area contributed by atoms with Crippen LogP contribution in [0.15, 0.2) is 24.4 Å². The lowest BCUT2D eigenvalue weighted by atomic mass is 10.0. The highest BCUT2D eigenvalue weighted by Crippen LogP contribution is 2.31. The Labute approximate surface area is 147 Å². The smallest absolute Gasteiger partial charge is 0.255 e. The van der Waals surface area contributed by atoms with E-state index in [2.05, 4.69) is 10.3 Å². The van der Waals surface area contributed by atoms with E-state index < -0.39 is 36.6 Å². The van der Waals surface area contributed by atoms with Gasteiger partial charge in [-0.1, -0.05) is 0 Å². The second-order valence-electron chi connectivity index (χ2n) is 5.90. The summed E-state index contributed by atoms with van der Waals surface area (Å²) in [6.45, 7) is -1.13. The van der Waals surface area contributed by atoms with E-state index in [9.17, 15) is 18.4 Å². The fourth-order valence-corrected chi connectivity index (χ4v) is 2.94. The minimum absolute atomic E-state index is 0.146. The van der Waals surface area contributed by atoms with Crippen LogP contribution >= 0.6 is 0 Å². The number of carbonyl (C=O) groups is 2. The molecule has 26 heavy (non-hydrogen) atoms. The van der Waals surface area contributed by atoms with Crippen molar-refractivity contribution in [3.8, 4) is 11.6 Å². The fourth-order valence-electron chi connectivity index (χ4n) is 2.94. The summed E-state index contributed by atoms with van der Waals surface area (Å²) in [7, 11) is 1.39. The van der Waals surface area contributed by atoms with Crippen LogP contribution in [0.4, 0.5) is 8.78 Å². The summed E-state index contributed by atoms with van der Waals surface area (Å²) in [5, 5.41) is 3.54. The van der Waals surface area contributed by atoms with Gasteiger partial charge in [-0.15, -0.1) is 0 Å². The van der Waals surface area contributed by atoms with Gasteiger partial charge in [0.2, 0.25) is 5.88 Å². The zero-order valence-electron chi connectivity index (χ0n) is 13.9. The number of primary amides is 1. The number of aromatic nitrogens is 1. The van der Waals surface area contributed by atoms with Gasteiger partial charge < -0.3 is 20.5 Å². The summed E-state index contributed by atoms with van der Waals surface area (Å²) >= 11 is 0. The van der Waals surface area contributed by atoms with Crippen molar-refractivity contribution >= 4 is 22.6 Å². The average Bonchev–Trinajstić information content (AvgIpc) is 2.91. The third-order valence-electron chi connectivity index (χ3n) is 4.36. The van der Waals surface area contributed by atoms with Gasteiger partial charge in [-0.2, -0.15) is 0 Å². The first-order valence-electron chi connectivity index (χ1n) is 7.86. The highest BCUT2D eigenvalue weighted by molar-refractivity contribution is 6.01. The normalized spacial score (nSPS) is 22.3. The molecule has 1 aliphatic rings. The summed E-state index contributed by atoms with van der Waals surface area (Å²) in [5.74, 6) is -2.15. The summed E-state index contributed by atoms with van der Waals surface area (Å²) in [5.41, 5.74) is 5.55. The maximum atomic E-state index is 13.6. The number of pyridine rings is 1. The third kappa shape index (κ3) is 3.12. The topological polar surface area (TPSA) is 104 Å². The number of hydrogen-bond donors (Lipinski definition) is 2. The number of benzene rings is 1. The number of nitrogens with zero attached hydrogens (tertiary/aromatic N) is 1. The van der Waals surface area contributed by atoms with E-state index in [0.29, 0.717) is 10.8 Å². The second-order valence-corrected chi connectivity index (χ2v) is 5.90. The van der Waals surface area contributed by atoms with Crippen LogP contribution in [0.1, 0.15) is 10.4 Å². The van der Waals surface area contributed by atoms with Gasteiger partial charge in [0.25, 0.3) is 11.8 Å². The molecule has 1 saturated heterocycles. The van der Waals surface area contributed by atoms with Gasteiger partial charge in [-0.3, -0.25) is 14.0 Å². The maximum absolute atomic E-state index is 13.6. The van der Waals surface area contributed by atoms with Crippen molar-refractivity contribution in [2.24, 2.45) is 11.7 Å². The minimum atomic E-state index is -1.90. The average molecular weight is 365 g/mol. The van der Waals surface area contributed by atoms with Crippen LogP contribution in [-0.4, -0.2) is 49.4 Å². The first kappa shape index (κ1) is 17.8. The van der Waals surface area contributed by atoms with Crippen molar-refractivity contribution in [3.63, 3.8) is 0 Å². The zero-order chi connectivity index (χ0) is 18.8. The molecule has 138 valence electrons. The molecule has 0 spiro atoms. The number of rotatable bonds is 6. The summed E-state index contributed by atoms with van der Waals surface area (Å²) in [6.07, 6.45) is -0.431. The van der Waals surface area contributed by atoms with Crippen molar-refractivity contribution in [3.05, 3.63) is 30.0 Å². The quantitative estimate of drug-likeness (QED) is 0.799. The van der Waals surface area contributed by atoms with E-state index in [4.69, 9.17) is 15.2 Å². The largest absolute Gasteiger partial charge is 0.496 e. The van der Waals surface area contributed by atoms with Gasteiger partial charge >= 0.3 is 0 Å². The van der Waals surface area contributed by atoms with Crippen LogP contribution in [0.25, 0.3) is 10.8 Å². The summed E-state index contributed by atoms with van der Waals surface area (Å²) in [6, 6.07) is 3.96. The highest BCUT2D eigenvalue weighted by atomic mass is 19.1. The van der Waals surface area contributed by atoms with Crippen molar-refractivity contribution in [2.75, 3.05) is 20.4 Å². The van der Waals surface area contributed by atoms with E-state index in [1.165, 1.54) is 13.3 Å². The molecule has 2 amide bonds. The summed E-state index contributed by atoms with van der Waals surface area (Å²) < 4.78 is 37.4. The molecule has 3 unspecified atom stereocenters. The van der Waals surface area contributed by atoms with E-state index >= 15 is 0 Å². The highest BCUT2D eigenvalue weighted by Gasteiger charge is 2.43. The number of ether oxygens (including phenoxy) is 2. The van der Waals surface area contributed by atoms with Crippen LogP contribution in [0.2, 0.25) is 0 Å². The molecule has 0 bridgehead atoms. The number of nitrogens with two attached hydrogens (primary N) is 1. The Hall–Kier alpha value is -2.97. The predicted octanol–water partition coefficient (Wildman–Crippen LogP) is 1.14. The van der Waals surface area contributed by atoms with Crippen LogP contribution in [-0.2, 0) is 4.79 Å². The Morgan fingerprint density at radius 3 is 2.85 bits per heavy atom. The molecule has 1 aromatic carbocycles. The first-order chi connectivity index (χ1) is 12.5. The third-order valence-corrected chi connectivity index (χ3v) is 4.36.